The fraction of sp³-hybridized carbons (Fsp3) is 0.235. The lowest BCUT2D eigenvalue weighted by Gasteiger charge is -2.12. The van der Waals surface area contributed by atoms with Crippen LogP contribution in [-0.2, 0) is 0 Å². The van der Waals surface area contributed by atoms with E-state index in [1.165, 1.54) is 0 Å². The molecule has 2 aromatic rings. The molecule has 0 radical (unpaired) electrons. The zero-order valence-corrected chi connectivity index (χ0v) is 12.1. The summed E-state index contributed by atoms with van der Waals surface area (Å²) in [6.45, 7) is 4.98. The van der Waals surface area contributed by atoms with E-state index in [0.29, 0.717) is 24.7 Å². The van der Waals surface area contributed by atoms with Gasteiger partial charge in [-0.2, -0.15) is 0 Å². The molecule has 0 fully saturated rings. The second-order valence-electron chi connectivity index (χ2n) is 4.41. The van der Waals surface area contributed by atoms with Crippen molar-refractivity contribution in [1.82, 2.24) is 0 Å². The number of carboxylic acids is 1. The minimum absolute atomic E-state index is 0.273. The van der Waals surface area contributed by atoms with Crippen LogP contribution < -0.4 is 9.47 Å². The lowest BCUT2D eigenvalue weighted by atomic mass is 10.0. The summed E-state index contributed by atoms with van der Waals surface area (Å²) < 4.78 is 11.1. The van der Waals surface area contributed by atoms with Crippen LogP contribution in [0, 0.1) is 0 Å². The minimum Gasteiger partial charge on any atom is -0.490 e. The van der Waals surface area contributed by atoms with Crippen LogP contribution in [0.15, 0.2) is 42.5 Å². The smallest absolute Gasteiger partial charge is 0.335 e. The molecule has 0 aliphatic rings. The highest BCUT2D eigenvalue weighted by atomic mass is 16.5. The molecular weight excluding hydrogens is 268 g/mol. The minimum atomic E-state index is -0.928. The van der Waals surface area contributed by atoms with Gasteiger partial charge in [0, 0.05) is 0 Å². The fourth-order valence-electron chi connectivity index (χ4n) is 2.04. The number of hydrogen-bond acceptors (Lipinski definition) is 3. The molecule has 4 nitrogen and oxygen atoms in total. The SMILES string of the molecule is CCOc1ccc(-c2ccc(C(=O)O)cc2)cc1OCC. The van der Waals surface area contributed by atoms with Gasteiger partial charge in [-0.1, -0.05) is 18.2 Å². The summed E-state index contributed by atoms with van der Waals surface area (Å²) in [5.41, 5.74) is 2.16. The molecule has 2 aromatic carbocycles. The molecule has 0 heterocycles. The third kappa shape index (κ3) is 3.54. The van der Waals surface area contributed by atoms with Gasteiger partial charge in [-0.05, 0) is 49.2 Å². The molecular formula is C17H18O4. The highest BCUT2D eigenvalue weighted by Gasteiger charge is 2.08. The van der Waals surface area contributed by atoms with Crippen molar-refractivity contribution in [3.8, 4) is 22.6 Å². The third-order valence-electron chi connectivity index (χ3n) is 3.01. The van der Waals surface area contributed by atoms with Crippen LogP contribution in [0.5, 0.6) is 11.5 Å². The molecule has 0 bridgehead atoms. The van der Waals surface area contributed by atoms with Gasteiger partial charge in [-0.15, -0.1) is 0 Å². The van der Waals surface area contributed by atoms with E-state index in [9.17, 15) is 4.79 Å². The molecule has 0 aliphatic carbocycles. The molecule has 0 spiro atoms. The number of benzene rings is 2. The second kappa shape index (κ2) is 6.79. The zero-order valence-electron chi connectivity index (χ0n) is 12.1. The van der Waals surface area contributed by atoms with E-state index in [1.807, 2.05) is 32.0 Å². The normalized spacial score (nSPS) is 10.2. The van der Waals surface area contributed by atoms with Crippen molar-refractivity contribution >= 4 is 5.97 Å². The van der Waals surface area contributed by atoms with Crippen LogP contribution >= 0.6 is 0 Å². The third-order valence-corrected chi connectivity index (χ3v) is 3.01. The molecule has 0 aromatic heterocycles. The van der Waals surface area contributed by atoms with Gasteiger partial charge in [0.1, 0.15) is 0 Å². The van der Waals surface area contributed by atoms with Gasteiger partial charge in [0.05, 0.1) is 18.8 Å². The van der Waals surface area contributed by atoms with Crippen LogP contribution in [0.25, 0.3) is 11.1 Å². The number of ether oxygens (including phenoxy) is 2. The van der Waals surface area contributed by atoms with Gasteiger partial charge in [-0.3, -0.25) is 0 Å². The summed E-state index contributed by atoms with van der Waals surface area (Å²) in [5.74, 6) is 0.479. The van der Waals surface area contributed by atoms with Crippen molar-refractivity contribution in [3.63, 3.8) is 0 Å². The topological polar surface area (TPSA) is 55.8 Å². The van der Waals surface area contributed by atoms with Crippen molar-refractivity contribution in [2.24, 2.45) is 0 Å². The zero-order chi connectivity index (χ0) is 15.2. The van der Waals surface area contributed by atoms with Crippen molar-refractivity contribution in [3.05, 3.63) is 48.0 Å². The summed E-state index contributed by atoms with van der Waals surface area (Å²) >= 11 is 0. The molecule has 21 heavy (non-hydrogen) atoms. The Balaban J connectivity index is 2.34. The molecule has 4 heteroatoms. The first-order chi connectivity index (χ1) is 10.2. The van der Waals surface area contributed by atoms with Gasteiger partial charge in [-0.25, -0.2) is 4.79 Å². The van der Waals surface area contributed by atoms with Crippen LogP contribution in [0.1, 0.15) is 24.2 Å². The molecule has 1 N–H and O–H groups in total. The van der Waals surface area contributed by atoms with Gasteiger partial charge >= 0.3 is 5.97 Å². The largest absolute Gasteiger partial charge is 0.490 e. The molecule has 0 aliphatic heterocycles. The van der Waals surface area contributed by atoms with E-state index in [4.69, 9.17) is 14.6 Å². The molecule has 0 unspecified atom stereocenters. The fourth-order valence-corrected chi connectivity index (χ4v) is 2.04. The van der Waals surface area contributed by atoms with Gasteiger partial charge in [0.2, 0.25) is 0 Å². The molecule has 0 saturated carbocycles. The maximum atomic E-state index is 10.9. The maximum Gasteiger partial charge on any atom is 0.335 e. The van der Waals surface area contributed by atoms with E-state index in [0.717, 1.165) is 11.1 Å². The monoisotopic (exact) mass is 286 g/mol. The lowest BCUT2D eigenvalue weighted by molar-refractivity contribution is 0.0697. The van der Waals surface area contributed by atoms with Crippen molar-refractivity contribution in [2.75, 3.05) is 13.2 Å². The first-order valence-electron chi connectivity index (χ1n) is 6.89. The number of rotatable bonds is 6. The summed E-state index contributed by atoms with van der Waals surface area (Å²) in [5, 5.41) is 8.92. The maximum absolute atomic E-state index is 10.9. The van der Waals surface area contributed by atoms with Crippen LogP contribution in [0.3, 0.4) is 0 Å². The number of carboxylic acid groups (broad SMARTS) is 1. The van der Waals surface area contributed by atoms with Crippen LogP contribution in [0.2, 0.25) is 0 Å². The highest BCUT2D eigenvalue weighted by Crippen LogP contribution is 2.33. The Hall–Kier alpha value is -2.49. The Morgan fingerprint density at radius 2 is 1.48 bits per heavy atom. The number of hydrogen-bond donors (Lipinski definition) is 1. The quantitative estimate of drug-likeness (QED) is 0.876. The average molecular weight is 286 g/mol. The van der Waals surface area contributed by atoms with Crippen molar-refractivity contribution < 1.29 is 19.4 Å². The Morgan fingerprint density at radius 1 is 0.905 bits per heavy atom. The molecule has 2 rings (SSSR count). The Kier molecular flexibility index (Phi) is 4.82. The van der Waals surface area contributed by atoms with E-state index in [1.54, 1.807) is 24.3 Å². The Morgan fingerprint density at radius 3 is 2.05 bits per heavy atom. The van der Waals surface area contributed by atoms with E-state index < -0.39 is 5.97 Å². The van der Waals surface area contributed by atoms with Crippen LogP contribution in [0.4, 0.5) is 0 Å². The Labute approximate surface area is 123 Å². The van der Waals surface area contributed by atoms with E-state index in [2.05, 4.69) is 0 Å². The standard InChI is InChI=1S/C17H18O4/c1-3-20-15-10-9-14(11-16(15)21-4-2)12-5-7-13(8-6-12)17(18)19/h5-11H,3-4H2,1-2H3,(H,18,19). The van der Waals surface area contributed by atoms with Crippen LogP contribution in [-0.4, -0.2) is 24.3 Å². The van der Waals surface area contributed by atoms with E-state index >= 15 is 0 Å². The molecule has 0 saturated heterocycles. The van der Waals surface area contributed by atoms with Crippen molar-refractivity contribution in [1.29, 1.82) is 0 Å². The van der Waals surface area contributed by atoms with Gasteiger partial charge in [0.25, 0.3) is 0 Å². The number of aromatic carboxylic acids is 1. The van der Waals surface area contributed by atoms with Gasteiger partial charge in [0.15, 0.2) is 11.5 Å². The second-order valence-corrected chi connectivity index (χ2v) is 4.41. The summed E-state index contributed by atoms with van der Waals surface area (Å²) in [7, 11) is 0. The highest BCUT2D eigenvalue weighted by molar-refractivity contribution is 5.88. The lowest BCUT2D eigenvalue weighted by Crippen LogP contribution is -1.98. The first-order valence-corrected chi connectivity index (χ1v) is 6.89. The number of carbonyl (C=O) groups is 1. The van der Waals surface area contributed by atoms with E-state index in [-0.39, 0.29) is 5.56 Å². The summed E-state index contributed by atoms with van der Waals surface area (Å²) in [4.78, 5) is 10.9. The molecule has 0 amide bonds. The predicted molar refractivity (Wildman–Crippen MR) is 81.2 cm³/mol. The average Bonchev–Trinajstić information content (AvgIpc) is 2.49. The summed E-state index contributed by atoms with van der Waals surface area (Å²) in [6.07, 6.45) is 0. The summed E-state index contributed by atoms with van der Waals surface area (Å²) in [6, 6.07) is 12.5. The van der Waals surface area contributed by atoms with Crippen molar-refractivity contribution in [2.45, 2.75) is 13.8 Å². The molecule has 110 valence electrons. The Bertz CT molecular complexity index is 617. The first kappa shape index (κ1) is 14.9. The predicted octanol–water partition coefficient (Wildman–Crippen LogP) is 3.85. The molecule has 0 atom stereocenters. The van der Waals surface area contributed by atoms with Gasteiger partial charge < -0.3 is 14.6 Å².